The number of ether oxygens (including phenoxy) is 2. The number of nitrogens with one attached hydrogen (secondary N) is 1. The smallest absolute Gasteiger partial charge is 0.412 e. The molecule has 2 amide bonds. The number of carbonyl (C=O) groups is 3. The van der Waals surface area contributed by atoms with Crippen molar-refractivity contribution >= 4 is 46.1 Å². The Balaban J connectivity index is 0.000000263. The van der Waals surface area contributed by atoms with Crippen LogP contribution in [-0.2, 0) is 27.5 Å². The van der Waals surface area contributed by atoms with Crippen LogP contribution in [0.3, 0.4) is 0 Å². The van der Waals surface area contributed by atoms with Gasteiger partial charge in [0, 0.05) is 36.9 Å². The molecule has 3 heterocycles. The number of non-ortho nitro benzene ring substituents is 1. The highest BCUT2D eigenvalue weighted by Crippen LogP contribution is 2.31. The highest BCUT2D eigenvalue weighted by Gasteiger charge is 2.40. The predicted octanol–water partition coefficient (Wildman–Crippen LogP) is 4.38. The number of nitro benzene ring substituents is 2. The van der Waals surface area contributed by atoms with Gasteiger partial charge in [-0.3, -0.25) is 30.3 Å². The number of thioether (sulfide) groups is 1. The van der Waals surface area contributed by atoms with Crippen molar-refractivity contribution in [3.63, 3.8) is 0 Å². The zero-order chi connectivity index (χ0) is 29.4. The van der Waals surface area contributed by atoms with Crippen LogP contribution in [0.25, 0.3) is 0 Å². The minimum atomic E-state index is -0.681. The quantitative estimate of drug-likeness (QED) is 0.351. The lowest BCUT2D eigenvalue weighted by molar-refractivity contribution is -0.384. The van der Waals surface area contributed by atoms with Crippen molar-refractivity contribution in [2.75, 3.05) is 11.9 Å². The lowest BCUT2D eigenvalue weighted by atomic mass is 10.1. The number of nitrogens with zero attached hydrogens (tertiary/aromatic N) is 3. The molecular formula is C25H28N4O10S. The summed E-state index contributed by atoms with van der Waals surface area (Å²) in [6, 6.07) is 9.92. The summed E-state index contributed by atoms with van der Waals surface area (Å²) in [5.41, 5.74) is 1.25. The number of anilines is 1. The molecule has 0 saturated carbocycles. The Labute approximate surface area is 232 Å². The molecule has 3 unspecified atom stereocenters. The van der Waals surface area contributed by atoms with Crippen LogP contribution in [0.15, 0.2) is 42.5 Å². The minimum absolute atomic E-state index is 0.0210. The number of hydrogen-bond acceptors (Lipinski definition) is 11. The number of likely N-dealkylation sites (tertiary alicyclic amines) is 1. The van der Waals surface area contributed by atoms with E-state index in [9.17, 15) is 39.7 Å². The zero-order valence-electron chi connectivity index (χ0n) is 21.7. The molecule has 3 atom stereocenters. The van der Waals surface area contributed by atoms with Crippen LogP contribution in [0, 0.1) is 20.2 Å². The van der Waals surface area contributed by atoms with Gasteiger partial charge in [0.15, 0.2) is 5.12 Å². The molecule has 2 aromatic carbocycles. The first-order chi connectivity index (χ1) is 19.0. The van der Waals surface area contributed by atoms with E-state index < -0.39 is 28.1 Å². The van der Waals surface area contributed by atoms with E-state index in [4.69, 9.17) is 9.47 Å². The van der Waals surface area contributed by atoms with Crippen LogP contribution >= 0.6 is 11.8 Å². The van der Waals surface area contributed by atoms with Gasteiger partial charge in [0.05, 0.1) is 22.0 Å². The second kappa shape index (κ2) is 13.7. The van der Waals surface area contributed by atoms with E-state index in [2.05, 4.69) is 5.32 Å². The topological polar surface area (TPSA) is 191 Å². The van der Waals surface area contributed by atoms with Gasteiger partial charge < -0.3 is 19.5 Å². The first-order valence-corrected chi connectivity index (χ1v) is 13.1. The summed E-state index contributed by atoms with van der Waals surface area (Å²) < 4.78 is 10.0. The van der Waals surface area contributed by atoms with Crippen LogP contribution in [0.4, 0.5) is 26.7 Å². The third-order valence-electron chi connectivity index (χ3n) is 6.11. The van der Waals surface area contributed by atoms with Gasteiger partial charge in [0.2, 0.25) is 0 Å². The van der Waals surface area contributed by atoms with Crippen LogP contribution in [0.1, 0.15) is 37.8 Å². The van der Waals surface area contributed by atoms with E-state index in [1.807, 2.05) is 6.92 Å². The fourth-order valence-corrected chi connectivity index (χ4v) is 5.15. The summed E-state index contributed by atoms with van der Waals surface area (Å²) in [7, 11) is 0. The predicted molar refractivity (Wildman–Crippen MR) is 144 cm³/mol. The van der Waals surface area contributed by atoms with Gasteiger partial charge in [-0.05, 0) is 42.2 Å². The van der Waals surface area contributed by atoms with Crippen LogP contribution in [-0.4, -0.2) is 61.1 Å². The number of nitro groups is 2. The molecule has 15 heteroatoms. The molecule has 5 rings (SSSR count). The van der Waals surface area contributed by atoms with E-state index in [-0.39, 0.29) is 46.7 Å². The van der Waals surface area contributed by atoms with Gasteiger partial charge in [-0.15, -0.1) is 0 Å². The second-order valence-electron chi connectivity index (χ2n) is 8.95. The Morgan fingerprint density at radius 2 is 1.90 bits per heavy atom. The van der Waals surface area contributed by atoms with E-state index in [0.717, 1.165) is 0 Å². The Kier molecular flexibility index (Phi) is 10.4. The molecule has 1 saturated heterocycles. The van der Waals surface area contributed by atoms with Gasteiger partial charge in [-0.25, -0.2) is 9.59 Å². The molecule has 3 aliphatic rings. The summed E-state index contributed by atoms with van der Waals surface area (Å²) in [5.74, 6) is 0. The third kappa shape index (κ3) is 8.13. The SMILES string of the molecule is CCC(O)C1CC(SC(C)=O)CN1C(=O)OCc1ccc([N+](=O)[O-])cc1.O=C1Nc2ccc(cc2[N+](=O)[O-])CO1. The molecule has 2 bridgehead atoms. The summed E-state index contributed by atoms with van der Waals surface area (Å²) in [5, 5.41) is 33.6. The maximum atomic E-state index is 12.4. The molecular weight excluding hydrogens is 548 g/mol. The lowest BCUT2D eigenvalue weighted by Crippen LogP contribution is -2.42. The van der Waals surface area contributed by atoms with Gasteiger partial charge in [0.25, 0.3) is 11.4 Å². The number of carbonyl (C=O) groups excluding carboxylic acids is 3. The van der Waals surface area contributed by atoms with Crippen LogP contribution in [0.2, 0.25) is 0 Å². The average Bonchev–Trinajstić information content (AvgIpc) is 3.32. The van der Waals surface area contributed by atoms with Gasteiger partial charge in [-0.1, -0.05) is 24.8 Å². The maximum Gasteiger partial charge on any atom is 0.412 e. The number of rotatable bonds is 7. The lowest BCUT2D eigenvalue weighted by Gasteiger charge is -2.27. The van der Waals surface area contributed by atoms with Crippen molar-refractivity contribution < 1.29 is 38.8 Å². The van der Waals surface area contributed by atoms with Crippen molar-refractivity contribution in [3.8, 4) is 0 Å². The van der Waals surface area contributed by atoms with Crippen molar-refractivity contribution in [2.24, 2.45) is 0 Å². The molecule has 2 aromatic rings. The van der Waals surface area contributed by atoms with Gasteiger partial charge in [0.1, 0.15) is 18.9 Å². The first kappa shape index (κ1) is 30.3. The molecule has 14 nitrogen and oxygen atoms in total. The Hall–Kier alpha value is -4.24. The highest BCUT2D eigenvalue weighted by atomic mass is 32.2. The number of benzene rings is 2. The normalized spacial score (nSPS) is 18.3. The van der Waals surface area contributed by atoms with Crippen LogP contribution in [0.5, 0.6) is 0 Å². The van der Waals surface area contributed by atoms with Crippen molar-refractivity contribution in [3.05, 3.63) is 73.8 Å². The van der Waals surface area contributed by atoms with Crippen molar-refractivity contribution in [2.45, 2.75) is 57.3 Å². The van der Waals surface area contributed by atoms with Crippen molar-refractivity contribution in [1.82, 2.24) is 4.90 Å². The zero-order valence-corrected chi connectivity index (χ0v) is 22.5. The number of amides is 2. The van der Waals surface area contributed by atoms with Gasteiger partial charge >= 0.3 is 12.2 Å². The number of hydrogen-bond donors (Lipinski definition) is 2. The molecule has 2 N–H and O–H groups in total. The average molecular weight is 577 g/mol. The molecule has 0 radical (unpaired) electrons. The largest absolute Gasteiger partial charge is 0.445 e. The Bertz CT molecular complexity index is 1270. The minimum Gasteiger partial charge on any atom is -0.445 e. The fraction of sp³-hybridized carbons (Fsp3) is 0.400. The number of fused-ring (bicyclic) bond motifs is 5. The molecule has 40 heavy (non-hydrogen) atoms. The van der Waals surface area contributed by atoms with E-state index >= 15 is 0 Å². The fourth-order valence-electron chi connectivity index (χ4n) is 4.15. The van der Waals surface area contributed by atoms with Crippen molar-refractivity contribution in [1.29, 1.82) is 0 Å². The van der Waals surface area contributed by atoms with E-state index in [1.165, 1.54) is 60.0 Å². The molecule has 0 aliphatic carbocycles. The molecule has 3 aliphatic heterocycles. The summed E-state index contributed by atoms with van der Waals surface area (Å²) in [4.78, 5) is 56.4. The highest BCUT2D eigenvalue weighted by molar-refractivity contribution is 8.14. The summed E-state index contributed by atoms with van der Waals surface area (Å²) >= 11 is 1.17. The first-order valence-electron chi connectivity index (χ1n) is 12.2. The summed E-state index contributed by atoms with van der Waals surface area (Å²) in [6.07, 6.45) is -0.888. The van der Waals surface area contributed by atoms with Crippen LogP contribution < -0.4 is 5.32 Å². The Morgan fingerprint density at radius 1 is 1.20 bits per heavy atom. The molecule has 0 spiro atoms. The molecule has 1 fully saturated rings. The second-order valence-corrected chi connectivity index (χ2v) is 10.4. The standard InChI is InChI=1S/C17H22N2O6S.C8H6N2O4/c1-3-16(21)15-8-14(26-11(2)20)9-18(15)17(22)25-10-12-4-6-13(7-5-12)19(23)24;11-8-9-6-2-1-5(4-14-8)3-7(6)10(12)13/h4-7,14-16,21H,3,8-10H2,1-2H3;1-3H,4H2,(H,9,11). The number of aliphatic hydroxyl groups is 1. The number of aliphatic hydroxyl groups excluding tert-OH is 1. The van der Waals surface area contributed by atoms with Gasteiger partial charge in [-0.2, -0.15) is 0 Å². The maximum absolute atomic E-state index is 12.4. The van der Waals surface area contributed by atoms with E-state index in [1.54, 1.807) is 6.07 Å². The Morgan fingerprint density at radius 3 is 2.50 bits per heavy atom. The molecule has 0 aromatic heterocycles. The monoisotopic (exact) mass is 576 g/mol. The third-order valence-corrected chi connectivity index (χ3v) is 7.12. The summed E-state index contributed by atoms with van der Waals surface area (Å²) in [6.45, 7) is 3.67. The van der Waals surface area contributed by atoms with E-state index in [0.29, 0.717) is 30.5 Å². The molecule has 214 valence electrons.